The molecule has 6 nitrogen and oxygen atoms in total. The van der Waals surface area contributed by atoms with Gasteiger partial charge in [-0.25, -0.2) is 0 Å². The van der Waals surface area contributed by atoms with Crippen LogP contribution in [0.2, 0.25) is 0 Å². The normalized spacial score (nSPS) is 9.91. The Balaban J connectivity index is -0.000000123. The Labute approximate surface area is 163 Å². The van der Waals surface area contributed by atoms with Gasteiger partial charge < -0.3 is 30.8 Å². The second-order valence-corrected chi connectivity index (χ2v) is 8.37. The first-order valence-corrected chi connectivity index (χ1v) is 10.3. The SMILES string of the molecule is C.OP(O)(O)=S.OP(O)(O)=S.[H-].[Na+].c1ccc2ccccc2c1. The van der Waals surface area contributed by atoms with Crippen molar-refractivity contribution in [1.82, 2.24) is 0 Å². The first kappa shape index (κ1) is 27.6. The van der Waals surface area contributed by atoms with Crippen LogP contribution in [0.3, 0.4) is 0 Å². The van der Waals surface area contributed by atoms with Gasteiger partial charge in [-0.05, 0) is 34.4 Å². The molecule has 22 heavy (non-hydrogen) atoms. The zero-order valence-corrected chi connectivity index (χ0v) is 16.4. The van der Waals surface area contributed by atoms with Crippen LogP contribution >= 0.6 is 13.4 Å². The van der Waals surface area contributed by atoms with Crippen LogP contribution in [0.5, 0.6) is 0 Å². The van der Waals surface area contributed by atoms with Crippen LogP contribution in [0.4, 0.5) is 0 Å². The second-order valence-electron chi connectivity index (χ2n) is 3.37. The molecule has 0 saturated heterocycles. The molecule has 0 aromatic heterocycles. The summed E-state index contributed by atoms with van der Waals surface area (Å²) in [5, 5.41) is 2.62. The number of fused-ring (bicyclic) bond motifs is 1. The summed E-state index contributed by atoms with van der Waals surface area (Å²) in [6.45, 7) is -7.61. The van der Waals surface area contributed by atoms with E-state index < -0.39 is 13.4 Å². The average molecular weight is 396 g/mol. The molecule has 2 aromatic rings. The summed E-state index contributed by atoms with van der Waals surface area (Å²) in [6.07, 6.45) is 0. The van der Waals surface area contributed by atoms with Crippen molar-refractivity contribution in [2.24, 2.45) is 0 Å². The van der Waals surface area contributed by atoms with Gasteiger partial charge in [-0.3, -0.25) is 0 Å². The molecule has 122 valence electrons. The molecule has 0 bridgehead atoms. The maximum Gasteiger partial charge on any atom is 1.00 e. The third kappa shape index (κ3) is 23.0. The molecule has 0 unspecified atom stereocenters. The third-order valence-electron chi connectivity index (χ3n) is 1.66. The molecule has 6 N–H and O–H groups in total. The van der Waals surface area contributed by atoms with Crippen molar-refractivity contribution in [3.05, 3.63) is 48.5 Å². The Morgan fingerprint density at radius 3 is 0.909 bits per heavy atom. The molecule has 0 aliphatic heterocycles. The van der Waals surface area contributed by atoms with E-state index in [4.69, 9.17) is 29.4 Å². The largest absolute Gasteiger partial charge is 1.00 e. The van der Waals surface area contributed by atoms with E-state index in [2.05, 4.69) is 72.1 Å². The van der Waals surface area contributed by atoms with Gasteiger partial charge in [0.05, 0.1) is 0 Å². The van der Waals surface area contributed by atoms with Gasteiger partial charge in [0, 0.05) is 0 Å². The van der Waals surface area contributed by atoms with Crippen molar-refractivity contribution in [3.63, 3.8) is 0 Å². The summed E-state index contributed by atoms with van der Waals surface area (Å²) in [7, 11) is 0. The minimum atomic E-state index is -3.81. The van der Waals surface area contributed by atoms with Gasteiger partial charge in [-0.2, -0.15) is 0 Å². The van der Waals surface area contributed by atoms with Gasteiger partial charge in [0.2, 0.25) is 0 Å². The van der Waals surface area contributed by atoms with Gasteiger partial charge in [-0.1, -0.05) is 56.0 Å². The molecule has 2 rings (SSSR count). The van der Waals surface area contributed by atoms with E-state index in [1.807, 2.05) is 0 Å². The second kappa shape index (κ2) is 13.1. The predicted octanol–water partition coefficient (Wildman–Crippen LogP) is -1.03. The first-order chi connectivity index (χ1) is 8.97. The zero-order chi connectivity index (χ0) is 15.8. The smallest absolute Gasteiger partial charge is 1.00 e. The summed E-state index contributed by atoms with van der Waals surface area (Å²) < 4.78 is 0. The minimum absolute atomic E-state index is 0. The van der Waals surface area contributed by atoms with Crippen molar-refractivity contribution in [1.29, 1.82) is 0 Å². The van der Waals surface area contributed by atoms with Crippen LogP contribution in [0, 0.1) is 0 Å². The summed E-state index contributed by atoms with van der Waals surface area (Å²) in [6, 6.07) is 16.7. The van der Waals surface area contributed by atoms with Gasteiger partial charge in [0.1, 0.15) is 0 Å². The fourth-order valence-corrected chi connectivity index (χ4v) is 1.13. The molecule has 11 heteroatoms. The van der Waals surface area contributed by atoms with E-state index in [-0.39, 0.29) is 38.4 Å². The number of hydrogen-bond donors (Lipinski definition) is 6. The van der Waals surface area contributed by atoms with E-state index in [0.29, 0.717) is 0 Å². The standard InChI is InChI=1S/C10H8.CH4.Na.2H3O3PS.H/c1-2-6-10-8-4-3-7-9(10)5-1;;;2*1-4(2,3)5;/h1-8H;1H4;;2*(H3,1,2,3,5);/q;;+1;;;-1. The Hall–Kier alpha value is 0.760. The Kier molecular flexibility index (Phi) is 16.4. The summed E-state index contributed by atoms with van der Waals surface area (Å²) in [5.74, 6) is 0. The summed E-state index contributed by atoms with van der Waals surface area (Å²) in [5.41, 5.74) is 0. The fraction of sp³-hybridized carbons (Fsp3) is 0.0909. The van der Waals surface area contributed by atoms with E-state index >= 15 is 0 Å². The number of rotatable bonds is 0. The molecule has 2 aromatic carbocycles. The van der Waals surface area contributed by atoms with Crippen LogP contribution < -0.4 is 29.6 Å². The van der Waals surface area contributed by atoms with Crippen LogP contribution in [0.15, 0.2) is 48.5 Å². The molecule has 0 saturated carbocycles. The summed E-state index contributed by atoms with van der Waals surface area (Å²) in [4.78, 5) is 45.3. The van der Waals surface area contributed by atoms with Crippen molar-refractivity contribution in [2.45, 2.75) is 7.43 Å². The molecule has 0 heterocycles. The third-order valence-corrected chi connectivity index (χ3v) is 1.66. The predicted molar refractivity (Wildman–Crippen MR) is 93.7 cm³/mol. The molecule has 0 spiro atoms. The Morgan fingerprint density at radius 1 is 0.636 bits per heavy atom. The Morgan fingerprint density at radius 2 is 0.773 bits per heavy atom. The summed E-state index contributed by atoms with van der Waals surface area (Å²) >= 11 is 7.21. The average Bonchev–Trinajstić information content (AvgIpc) is 2.25. The number of hydrogen-bond acceptors (Lipinski definition) is 2. The van der Waals surface area contributed by atoms with Crippen molar-refractivity contribution >= 4 is 47.8 Å². The zero-order valence-electron chi connectivity index (χ0n) is 12.0. The molecule has 0 fully saturated rings. The van der Waals surface area contributed by atoms with E-state index in [9.17, 15) is 0 Å². The maximum absolute atomic E-state index is 7.56. The maximum atomic E-state index is 7.56. The van der Waals surface area contributed by atoms with E-state index in [1.54, 1.807) is 0 Å². The van der Waals surface area contributed by atoms with E-state index in [0.717, 1.165) is 0 Å². The van der Waals surface area contributed by atoms with Gasteiger partial charge >= 0.3 is 43.0 Å². The van der Waals surface area contributed by atoms with Crippen molar-refractivity contribution in [2.75, 3.05) is 0 Å². The molecule has 0 amide bonds. The van der Waals surface area contributed by atoms with Crippen LogP contribution in [0.1, 0.15) is 8.85 Å². The first-order valence-electron chi connectivity index (χ1n) is 4.97. The van der Waals surface area contributed by atoms with Crippen LogP contribution in [-0.2, 0) is 23.6 Å². The molecule has 0 aliphatic rings. The molecular formula is C11H19NaO6P2S2. The van der Waals surface area contributed by atoms with Crippen LogP contribution in [0.25, 0.3) is 10.8 Å². The molecular weight excluding hydrogens is 377 g/mol. The van der Waals surface area contributed by atoms with Crippen molar-refractivity contribution in [3.8, 4) is 0 Å². The van der Waals surface area contributed by atoms with Gasteiger partial charge in [0.25, 0.3) is 0 Å². The molecule has 0 radical (unpaired) electrons. The fourth-order valence-electron chi connectivity index (χ4n) is 1.13. The Bertz CT molecular complexity index is 535. The van der Waals surface area contributed by atoms with Crippen LogP contribution in [-0.4, -0.2) is 29.4 Å². The van der Waals surface area contributed by atoms with Gasteiger partial charge in [0.15, 0.2) is 0 Å². The minimum Gasteiger partial charge on any atom is -1.00 e. The molecule has 0 aliphatic carbocycles. The monoisotopic (exact) mass is 396 g/mol. The van der Waals surface area contributed by atoms with Crippen molar-refractivity contribution < 1.29 is 60.3 Å². The van der Waals surface area contributed by atoms with E-state index in [1.165, 1.54) is 10.8 Å². The topological polar surface area (TPSA) is 121 Å². The number of benzene rings is 2. The van der Waals surface area contributed by atoms with Gasteiger partial charge in [-0.15, -0.1) is 0 Å². The molecule has 0 atom stereocenters. The quantitative estimate of drug-likeness (QED) is 0.247.